The Bertz CT molecular complexity index is 1180. The van der Waals surface area contributed by atoms with Crippen LogP contribution >= 0.6 is 0 Å². The Balaban J connectivity index is 1.59. The van der Waals surface area contributed by atoms with Crippen LogP contribution in [0.4, 0.5) is 10.5 Å². The molecular formula is C24H22N4O4. The van der Waals surface area contributed by atoms with Crippen LogP contribution in [0.5, 0.6) is 11.5 Å². The fourth-order valence-corrected chi connectivity index (χ4v) is 3.17. The highest BCUT2D eigenvalue weighted by Crippen LogP contribution is 2.30. The quantitative estimate of drug-likeness (QED) is 0.442. The molecule has 3 aromatic carbocycles. The van der Waals surface area contributed by atoms with E-state index in [0.717, 1.165) is 11.1 Å². The molecule has 0 aliphatic carbocycles. The molecule has 1 unspecified atom stereocenters. The van der Waals surface area contributed by atoms with Crippen molar-refractivity contribution in [2.75, 3.05) is 19.5 Å². The molecule has 0 aliphatic heterocycles. The van der Waals surface area contributed by atoms with Crippen LogP contribution in [0.1, 0.15) is 17.5 Å². The molecule has 1 aromatic heterocycles. The number of aromatic nitrogens is 2. The number of nitrogens with one attached hydrogen (secondary N) is 2. The first-order valence-corrected chi connectivity index (χ1v) is 9.91. The van der Waals surface area contributed by atoms with E-state index in [4.69, 9.17) is 13.9 Å². The monoisotopic (exact) mass is 430 g/mol. The maximum Gasteiger partial charge on any atom is 0.320 e. The molecule has 32 heavy (non-hydrogen) atoms. The van der Waals surface area contributed by atoms with Gasteiger partial charge in [-0.15, -0.1) is 10.2 Å². The number of urea groups is 1. The fourth-order valence-electron chi connectivity index (χ4n) is 3.17. The lowest BCUT2D eigenvalue weighted by Gasteiger charge is -2.17. The van der Waals surface area contributed by atoms with Crippen molar-refractivity contribution in [3.63, 3.8) is 0 Å². The minimum Gasteiger partial charge on any atom is -0.497 e. The third-order valence-electron chi connectivity index (χ3n) is 4.77. The van der Waals surface area contributed by atoms with Crippen molar-refractivity contribution in [3.05, 3.63) is 90.3 Å². The zero-order chi connectivity index (χ0) is 22.3. The Hall–Kier alpha value is -4.33. The third-order valence-corrected chi connectivity index (χ3v) is 4.77. The van der Waals surface area contributed by atoms with Crippen molar-refractivity contribution in [1.29, 1.82) is 0 Å². The second-order valence-corrected chi connectivity index (χ2v) is 6.82. The Morgan fingerprint density at radius 1 is 0.906 bits per heavy atom. The summed E-state index contributed by atoms with van der Waals surface area (Å²) in [6.07, 6.45) is 0. The number of methoxy groups -OCH3 is 2. The molecule has 0 fully saturated rings. The molecule has 1 atom stereocenters. The highest BCUT2D eigenvalue weighted by molar-refractivity contribution is 5.91. The van der Waals surface area contributed by atoms with Gasteiger partial charge in [-0.05, 0) is 29.8 Å². The van der Waals surface area contributed by atoms with Crippen molar-refractivity contribution in [1.82, 2.24) is 15.5 Å². The number of anilines is 1. The van der Waals surface area contributed by atoms with Gasteiger partial charge in [0.1, 0.15) is 17.5 Å². The zero-order valence-corrected chi connectivity index (χ0v) is 17.6. The van der Waals surface area contributed by atoms with Gasteiger partial charge in [0.2, 0.25) is 11.8 Å². The van der Waals surface area contributed by atoms with E-state index in [1.54, 1.807) is 25.3 Å². The van der Waals surface area contributed by atoms with Crippen LogP contribution < -0.4 is 20.1 Å². The number of benzene rings is 3. The summed E-state index contributed by atoms with van der Waals surface area (Å²) >= 11 is 0. The van der Waals surface area contributed by atoms with Crippen molar-refractivity contribution >= 4 is 11.7 Å². The number of hydrogen-bond acceptors (Lipinski definition) is 6. The van der Waals surface area contributed by atoms with Crippen LogP contribution in [0.2, 0.25) is 0 Å². The molecule has 0 aliphatic rings. The largest absolute Gasteiger partial charge is 0.497 e. The highest BCUT2D eigenvalue weighted by atomic mass is 16.5. The van der Waals surface area contributed by atoms with Gasteiger partial charge >= 0.3 is 6.03 Å². The van der Waals surface area contributed by atoms with Gasteiger partial charge in [-0.2, -0.15) is 0 Å². The minimum absolute atomic E-state index is 0.270. The fraction of sp³-hybridized carbons (Fsp3) is 0.125. The lowest BCUT2D eigenvalue weighted by Crippen LogP contribution is -2.33. The number of hydrogen-bond donors (Lipinski definition) is 2. The molecule has 4 rings (SSSR count). The minimum atomic E-state index is -0.648. The summed E-state index contributed by atoms with van der Waals surface area (Å²) in [5.41, 5.74) is 2.09. The Morgan fingerprint density at radius 3 is 2.31 bits per heavy atom. The van der Waals surface area contributed by atoms with Crippen LogP contribution in [-0.4, -0.2) is 30.4 Å². The predicted octanol–water partition coefficient (Wildman–Crippen LogP) is 4.66. The van der Waals surface area contributed by atoms with E-state index < -0.39 is 12.1 Å². The Kier molecular flexibility index (Phi) is 6.31. The van der Waals surface area contributed by atoms with Crippen LogP contribution in [-0.2, 0) is 0 Å². The summed E-state index contributed by atoms with van der Waals surface area (Å²) < 4.78 is 16.5. The zero-order valence-electron chi connectivity index (χ0n) is 17.6. The first-order valence-electron chi connectivity index (χ1n) is 9.91. The molecule has 0 radical (unpaired) electrons. The lowest BCUT2D eigenvalue weighted by molar-refractivity contribution is 0.248. The summed E-state index contributed by atoms with van der Waals surface area (Å²) in [4.78, 5) is 12.9. The first kappa shape index (κ1) is 20.9. The van der Waals surface area contributed by atoms with Gasteiger partial charge in [0.05, 0.1) is 19.9 Å². The highest BCUT2D eigenvalue weighted by Gasteiger charge is 2.24. The van der Waals surface area contributed by atoms with Gasteiger partial charge in [0, 0.05) is 11.6 Å². The molecule has 2 amide bonds. The van der Waals surface area contributed by atoms with Crippen molar-refractivity contribution in [2.45, 2.75) is 6.04 Å². The standard InChI is InChI=1S/C24H22N4O4/c1-30-18-13-14-19(20(15-18)31-2)25-24(29)26-21(16-9-5-3-6-10-16)23-28-27-22(32-23)17-11-7-4-8-12-17/h3-15,21H,1-2H3,(H2,25,26,29). The number of carbonyl (C=O) groups excluding carboxylic acids is 1. The van der Waals surface area contributed by atoms with Gasteiger partial charge in [-0.3, -0.25) is 0 Å². The molecule has 1 heterocycles. The predicted molar refractivity (Wildman–Crippen MR) is 120 cm³/mol. The average molecular weight is 430 g/mol. The SMILES string of the molecule is COc1ccc(NC(=O)NC(c2ccccc2)c2nnc(-c3ccccc3)o2)c(OC)c1. The topological polar surface area (TPSA) is 98.5 Å². The Morgan fingerprint density at radius 2 is 1.62 bits per heavy atom. The van der Waals surface area contributed by atoms with Gasteiger partial charge in [0.15, 0.2) is 0 Å². The maximum absolute atomic E-state index is 12.9. The third kappa shape index (κ3) is 4.70. The second kappa shape index (κ2) is 9.65. The van der Waals surface area contributed by atoms with E-state index in [-0.39, 0.29) is 5.89 Å². The van der Waals surface area contributed by atoms with E-state index in [0.29, 0.717) is 23.1 Å². The van der Waals surface area contributed by atoms with E-state index >= 15 is 0 Å². The van der Waals surface area contributed by atoms with E-state index in [9.17, 15) is 4.79 Å². The summed E-state index contributed by atoms with van der Waals surface area (Å²) in [7, 11) is 3.08. The van der Waals surface area contributed by atoms with Crippen molar-refractivity contribution in [2.24, 2.45) is 0 Å². The molecule has 2 N–H and O–H groups in total. The number of ether oxygens (including phenoxy) is 2. The molecule has 162 valence electrons. The van der Waals surface area contributed by atoms with Gasteiger partial charge < -0.3 is 24.5 Å². The maximum atomic E-state index is 12.9. The molecule has 4 aromatic rings. The average Bonchev–Trinajstić information content (AvgIpc) is 3.34. The van der Waals surface area contributed by atoms with Gasteiger partial charge in [0.25, 0.3) is 0 Å². The lowest BCUT2D eigenvalue weighted by atomic mass is 10.1. The molecule has 0 saturated carbocycles. The first-order chi connectivity index (χ1) is 15.7. The summed E-state index contributed by atoms with van der Waals surface area (Å²) in [5, 5.41) is 14.0. The molecule has 8 nitrogen and oxygen atoms in total. The van der Waals surface area contributed by atoms with Crippen LogP contribution in [0.3, 0.4) is 0 Å². The molecule has 0 saturated heterocycles. The molecule has 8 heteroatoms. The summed E-state index contributed by atoms with van der Waals surface area (Å²) in [5.74, 6) is 1.74. The van der Waals surface area contributed by atoms with Crippen LogP contribution in [0.25, 0.3) is 11.5 Å². The second-order valence-electron chi connectivity index (χ2n) is 6.82. The summed E-state index contributed by atoms with van der Waals surface area (Å²) in [6.45, 7) is 0. The molecule has 0 spiro atoms. The normalized spacial score (nSPS) is 11.4. The van der Waals surface area contributed by atoms with E-state index in [1.807, 2.05) is 60.7 Å². The van der Waals surface area contributed by atoms with Crippen molar-refractivity contribution in [3.8, 4) is 23.0 Å². The van der Waals surface area contributed by atoms with Crippen molar-refractivity contribution < 1.29 is 18.7 Å². The van der Waals surface area contributed by atoms with Gasteiger partial charge in [-0.25, -0.2) is 4.79 Å². The number of carbonyl (C=O) groups is 1. The van der Waals surface area contributed by atoms with E-state index in [2.05, 4.69) is 20.8 Å². The molecule has 0 bridgehead atoms. The van der Waals surface area contributed by atoms with Gasteiger partial charge in [-0.1, -0.05) is 48.5 Å². The Labute approximate surface area is 185 Å². The smallest absolute Gasteiger partial charge is 0.320 e. The number of nitrogens with zero attached hydrogens (tertiary/aromatic N) is 2. The number of rotatable bonds is 7. The van der Waals surface area contributed by atoms with E-state index in [1.165, 1.54) is 7.11 Å². The number of amides is 2. The van der Waals surface area contributed by atoms with Crippen LogP contribution in [0.15, 0.2) is 83.3 Å². The van der Waals surface area contributed by atoms with Crippen LogP contribution in [0, 0.1) is 0 Å². The summed E-state index contributed by atoms with van der Waals surface area (Å²) in [6, 6.07) is 22.9. The molecular weight excluding hydrogens is 408 g/mol.